The average Bonchev–Trinajstić information content (AvgIpc) is 3.15. The van der Waals surface area contributed by atoms with Gasteiger partial charge in [-0.3, -0.25) is 0 Å². The monoisotopic (exact) mass is 315 g/mol. The highest BCUT2D eigenvalue weighted by Crippen LogP contribution is 2.30. The Hall–Kier alpha value is -2.26. The summed E-state index contributed by atoms with van der Waals surface area (Å²) in [6.07, 6.45) is 1.90. The highest BCUT2D eigenvalue weighted by molar-refractivity contribution is 8.01. The molecule has 7 nitrogen and oxygen atoms in total. The smallest absolute Gasteiger partial charge is 0.221 e. The van der Waals surface area contributed by atoms with Crippen molar-refractivity contribution in [3.63, 3.8) is 0 Å². The first-order valence-electron chi connectivity index (χ1n) is 6.14. The van der Waals surface area contributed by atoms with Gasteiger partial charge in [0.1, 0.15) is 0 Å². The molecule has 0 aliphatic rings. The maximum absolute atomic E-state index is 4.47. The summed E-state index contributed by atoms with van der Waals surface area (Å²) in [5.74, 6) is 0. The zero-order valence-electron chi connectivity index (χ0n) is 10.9. The van der Waals surface area contributed by atoms with Crippen molar-refractivity contribution >= 4 is 28.1 Å². The molecule has 4 rings (SSSR count). The standard InChI is InChI=1S/C12H9N7S2/c1-8-7-18-10(13-8)20-12(15-18)21-11-14-16-17-19(11)9-5-3-2-4-6-9/h2-7H,1H3. The van der Waals surface area contributed by atoms with E-state index in [1.54, 1.807) is 9.20 Å². The van der Waals surface area contributed by atoms with Gasteiger partial charge in [0, 0.05) is 0 Å². The van der Waals surface area contributed by atoms with Crippen molar-refractivity contribution in [1.82, 2.24) is 34.8 Å². The van der Waals surface area contributed by atoms with Crippen LogP contribution in [0.5, 0.6) is 0 Å². The van der Waals surface area contributed by atoms with E-state index in [2.05, 4.69) is 25.6 Å². The van der Waals surface area contributed by atoms with Crippen LogP contribution < -0.4 is 0 Å². The Morgan fingerprint density at radius 2 is 2.05 bits per heavy atom. The molecule has 0 bridgehead atoms. The Morgan fingerprint density at radius 1 is 1.19 bits per heavy atom. The number of fused-ring (bicyclic) bond motifs is 1. The van der Waals surface area contributed by atoms with Gasteiger partial charge in [-0.15, -0.1) is 10.2 Å². The molecule has 21 heavy (non-hydrogen) atoms. The molecule has 0 N–H and O–H groups in total. The van der Waals surface area contributed by atoms with Gasteiger partial charge in [-0.05, 0) is 41.2 Å². The first-order chi connectivity index (χ1) is 10.3. The zero-order chi connectivity index (χ0) is 14.2. The minimum atomic E-state index is 0.676. The molecule has 0 atom stereocenters. The van der Waals surface area contributed by atoms with Crippen LogP contribution in [0.15, 0.2) is 46.0 Å². The lowest BCUT2D eigenvalue weighted by molar-refractivity contribution is 0.755. The van der Waals surface area contributed by atoms with Crippen LogP contribution >= 0.6 is 23.1 Å². The zero-order valence-corrected chi connectivity index (χ0v) is 12.5. The third-order valence-electron chi connectivity index (χ3n) is 2.77. The minimum Gasteiger partial charge on any atom is -0.223 e. The van der Waals surface area contributed by atoms with Gasteiger partial charge in [0.05, 0.1) is 17.6 Å². The fourth-order valence-electron chi connectivity index (χ4n) is 1.88. The maximum atomic E-state index is 4.47. The third-order valence-corrected chi connectivity index (χ3v) is 4.68. The molecular formula is C12H9N7S2. The van der Waals surface area contributed by atoms with Crippen molar-refractivity contribution in [2.24, 2.45) is 0 Å². The van der Waals surface area contributed by atoms with E-state index < -0.39 is 0 Å². The fraction of sp³-hybridized carbons (Fsp3) is 0.0833. The van der Waals surface area contributed by atoms with E-state index in [9.17, 15) is 0 Å². The second-order valence-corrected chi connectivity index (χ2v) is 6.46. The van der Waals surface area contributed by atoms with E-state index in [0.29, 0.717) is 5.16 Å². The lowest BCUT2D eigenvalue weighted by Gasteiger charge is -2.01. The molecule has 9 heteroatoms. The molecule has 0 saturated carbocycles. The molecule has 0 fully saturated rings. The van der Waals surface area contributed by atoms with Gasteiger partial charge in [0.15, 0.2) is 4.34 Å². The third kappa shape index (κ3) is 2.30. The molecule has 104 valence electrons. The topological polar surface area (TPSA) is 73.8 Å². The molecule has 4 aromatic rings. The van der Waals surface area contributed by atoms with Crippen LogP contribution in [0.1, 0.15) is 5.69 Å². The second kappa shape index (κ2) is 4.93. The number of rotatable bonds is 3. The largest absolute Gasteiger partial charge is 0.223 e. The first kappa shape index (κ1) is 12.5. The number of tetrazole rings is 1. The summed E-state index contributed by atoms with van der Waals surface area (Å²) in [7, 11) is 0. The number of aryl methyl sites for hydroxylation is 1. The SMILES string of the molecule is Cc1cn2nc(Sc3nnnn3-c3ccccc3)sc2n1. The van der Waals surface area contributed by atoms with Gasteiger partial charge < -0.3 is 0 Å². The normalized spacial score (nSPS) is 11.3. The van der Waals surface area contributed by atoms with E-state index in [-0.39, 0.29) is 0 Å². The number of para-hydroxylation sites is 1. The molecule has 0 aliphatic heterocycles. The van der Waals surface area contributed by atoms with Crippen LogP contribution in [0.4, 0.5) is 0 Å². The fourth-order valence-corrected chi connectivity index (χ4v) is 3.75. The van der Waals surface area contributed by atoms with Gasteiger partial charge in [-0.25, -0.2) is 9.50 Å². The number of hydrogen-bond acceptors (Lipinski definition) is 7. The highest BCUT2D eigenvalue weighted by atomic mass is 32.2. The number of hydrogen-bond donors (Lipinski definition) is 0. The highest BCUT2D eigenvalue weighted by Gasteiger charge is 2.14. The lowest BCUT2D eigenvalue weighted by atomic mass is 10.3. The molecule has 3 heterocycles. The summed E-state index contributed by atoms with van der Waals surface area (Å²) < 4.78 is 4.32. The average molecular weight is 315 g/mol. The number of nitrogens with zero attached hydrogens (tertiary/aromatic N) is 7. The number of benzene rings is 1. The summed E-state index contributed by atoms with van der Waals surface area (Å²) in [4.78, 5) is 5.26. The first-order valence-corrected chi connectivity index (χ1v) is 7.77. The van der Waals surface area contributed by atoms with Crippen molar-refractivity contribution in [2.75, 3.05) is 0 Å². The Kier molecular flexibility index (Phi) is 2.93. The minimum absolute atomic E-state index is 0.676. The summed E-state index contributed by atoms with van der Waals surface area (Å²) in [5, 5.41) is 17.0. The number of aromatic nitrogens is 7. The van der Waals surface area contributed by atoms with E-state index in [0.717, 1.165) is 20.7 Å². The Balaban J connectivity index is 1.68. The lowest BCUT2D eigenvalue weighted by Crippen LogP contribution is -1.98. The van der Waals surface area contributed by atoms with Gasteiger partial charge in [0.2, 0.25) is 10.1 Å². The molecule has 1 aromatic carbocycles. The maximum Gasteiger partial charge on any atom is 0.221 e. The Bertz CT molecular complexity index is 861. The molecular weight excluding hydrogens is 306 g/mol. The predicted octanol–water partition coefficient (Wildman–Crippen LogP) is 2.23. The summed E-state index contributed by atoms with van der Waals surface area (Å²) in [6.45, 7) is 1.95. The number of imidazole rings is 1. The summed E-state index contributed by atoms with van der Waals surface area (Å²) in [5.41, 5.74) is 1.88. The van der Waals surface area contributed by atoms with Crippen LogP contribution in [0, 0.1) is 6.92 Å². The van der Waals surface area contributed by atoms with Crippen LogP contribution in [-0.2, 0) is 0 Å². The van der Waals surface area contributed by atoms with Crippen LogP contribution in [-0.4, -0.2) is 34.8 Å². The molecule has 3 aromatic heterocycles. The molecule has 0 spiro atoms. The van der Waals surface area contributed by atoms with Gasteiger partial charge >= 0.3 is 0 Å². The van der Waals surface area contributed by atoms with Crippen molar-refractivity contribution in [1.29, 1.82) is 0 Å². The summed E-state index contributed by atoms with van der Waals surface area (Å²) >= 11 is 2.94. The quantitative estimate of drug-likeness (QED) is 0.577. The molecule has 0 amide bonds. The molecule has 0 saturated heterocycles. The molecule has 0 aliphatic carbocycles. The van der Waals surface area contributed by atoms with Crippen LogP contribution in [0.3, 0.4) is 0 Å². The van der Waals surface area contributed by atoms with E-state index in [4.69, 9.17) is 0 Å². The second-order valence-electron chi connectivity index (χ2n) is 4.29. The van der Waals surface area contributed by atoms with Gasteiger partial charge in [-0.2, -0.15) is 4.68 Å². The Labute approximate surface area is 127 Å². The van der Waals surface area contributed by atoms with Crippen LogP contribution in [0.2, 0.25) is 0 Å². The predicted molar refractivity (Wildman–Crippen MR) is 78.9 cm³/mol. The van der Waals surface area contributed by atoms with Crippen molar-refractivity contribution < 1.29 is 0 Å². The summed E-state index contributed by atoms with van der Waals surface area (Å²) in [6, 6.07) is 9.77. The van der Waals surface area contributed by atoms with Crippen molar-refractivity contribution in [2.45, 2.75) is 16.4 Å². The van der Waals surface area contributed by atoms with Gasteiger partial charge in [0.25, 0.3) is 0 Å². The molecule has 0 radical (unpaired) electrons. The van der Waals surface area contributed by atoms with Crippen molar-refractivity contribution in [3.8, 4) is 5.69 Å². The van der Waals surface area contributed by atoms with E-state index in [1.165, 1.54) is 23.1 Å². The van der Waals surface area contributed by atoms with E-state index in [1.807, 2.05) is 43.5 Å². The van der Waals surface area contributed by atoms with Gasteiger partial charge in [-0.1, -0.05) is 29.5 Å². The van der Waals surface area contributed by atoms with E-state index >= 15 is 0 Å². The van der Waals surface area contributed by atoms with Crippen LogP contribution in [0.25, 0.3) is 10.6 Å². The van der Waals surface area contributed by atoms with Crippen molar-refractivity contribution in [3.05, 3.63) is 42.2 Å². The molecule has 0 unspecified atom stereocenters. The Morgan fingerprint density at radius 3 is 2.86 bits per heavy atom.